The topological polar surface area (TPSA) is 115 Å². The SMILES string of the molecule is CC(=O)OC[C@]12[C@H](O)CC(C)=C[C@H]1OC1[C@H](O)[C@@H](OC(C)=O)[C@]2(C)[C@]12CO2. The van der Waals surface area contributed by atoms with Gasteiger partial charge in [0.25, 0.3) is 0 Å². The zero-order valence-corrected chi connectivity index (χ0v) is 15.9. The molecule has 4 rings (SSSR count). The maximum atomic E-state index is 11.8. The van der Waals surface area contributed by atoms with Crippen LogP contribution in [0.1, 0.15) is 34.1 Å². The predicted molar refractivity (Wildman–Crippen MR) is 90.5 cm³/mol. The summed E-state index contributed by atoms with van der Waals surface area (Å²) in [7, 11) is 0. The second-order valence-corrected chi connectivity index (χ2v) is 8.43. The van der Waals surface area contributed by atoms with E-state index >= 15 is 0 Å². The summed E-state index contributed by atoms with van der Waals surface area (Å²) < 4.78 is 23.0. The molecule has 8 nitrogen and oxygen atoms in total. The highest BCUT2D eigenvalue weighted by atomic mass is 16.7. The summed E-state index contributed by atoms with van der Waals surface area (Å²) in [4.78, 5) is 23.4. The number of hydrogen-bond donors (Lipinski definition) is 2. The molecular weight excluding hydrogens is 356 g/mol. The van der Waals surface area contributed by atoms with Crippen molar-refractivity contribution < 1.29 is 38.7 Å². The number of carbonyl (C=O) groups is 2. The average molecular weight is 382 g/mol. The Balaban J connectivity index is 1.90. The van der Waals surface area contributed by atoms with Gasteiger partial charge in [-0.15, -0.1) is 0 Å². The summed E-state index contributed by atoms with van der Waals surface area (Å²) in [6.45, 7) is 6.49. The smallest absolute Gasteiger partial charge is 0.303 e. The van der Waals surface area contributed by atoms with Crippen LogP contribution in [0.5, 0.6) is 0 Å². The summed E-state index contributed by atoms with van der Waals surface area (Å²) in [6, 6.07) is 0. The molecule has 27 heavy (non-hydrogen) atoms. The van der Waals surface area contributed by atoms with Crippen molar-refractivity contribution in [1.82, 2.24) is 0 Å². The first-order chi connectivity index (χ1) is 12.6. The number of rotatable bonds is 3. The molecule has 8 atom stereocenters. The normalized spacial score (nSPS) is 50.0. The number of hydrogen-bond acceptors (Lipinski definition) is 8. The lowest BCUT2D eigenvalue weighted by Gasteiger charge is -2.59. The molecule has 2 bridgehead atoms. The molecule has 0 aromatic carbocycles. The van der Waals surface area contributed by atoms with Gasteiger partial charge in [0.15, 0.2) is 0 Å². The summed E-state index contributed by atoms with van der Waals surface area (Å²) in [5.74, 6) is -1.03. The molecule has 0 aromatic heterocycles. The number of esters is 2. The van der Waals surface area contributed by atoms with Crippen molar-refractivity contribution in [2.75, 3.05) is 13.2 Å². The summed E-state index contributed by atoms with van der Waals surface area (Å²) in [5, 5.41) is 22.2. The minimum Gasteiger partial charge on any atom is -0.465 e. The van der Waals surface area contributed by atoms with Crippen LogP contribution >= 0.6 is 0 Å². The highest BCUT2D eigenvalue weighted by molar-refractivity contribution is 5.67. The fourth-order valence-corrected chi connectivity index (χ4v) is 5.73. The third-order valence-electron chi connectivity index (χ3n) is 7.10. The summed E-state index contributed by atoms with van der Waals surface area (Å²) in [5.41, 5.74) is -2.09. The van der Waals surface area contributed by atoms with E-state index < -0.39 is 58.9 Å². The lowest BCUT2D eigenvalue weighted by molar-refractivity contribution is -0.262. The Labute approximate surface area is 157 Å². The molecule has 0 radical (unpaired) electrons. The molecule has 3 fully saturated rings. The monoisotopic (exact) mass is 382 g/mol. The molecule has 4 aliphatic rings. The standard InChI is InChI=1S/C19H26O8/c1-9-5-12(22)18(7-24-10(2)20)13(6-9)27-16-14(23)15(26-11(3)21)17(18,4)19(16)8-25-19/h6,12-16,22-23H,5,7-8H2,1-4H3/t12-,13-,14-,15-,16?,17+,18+,19+/m1/s1. The van der Waals surface area contributed by atoms with E-state index in [4.69, 9.17) is 18.9 Å². The van der Waals surface area contributed by atoms with E-state index in [-0.39, 0.29) is 6.61 Å². The van der Waals surface area contributed by atoms with Crippen molar-refractivity contribution in [2.24, 2.45) is 10.8 Å². The van der Waals surface area contributed by atoms with Crippen LogP contribution in [-0.2, 0) is 28.5 Å². The molecule has 1 spiro atoms. The first-order valence-corrected chi connectivity index (χ1v) is 9.23. The van der Waals surface area contributed by atoms with Gasteiger partial charge in [-0.05, 0) is 13.3 Å². The lowest BCUT2D eigenvalue weighted by Crippen LogP contribution is -2.71. The first kappa shape index (κ1) is 18.9. The van der Waals surface area contributed by atoms with E-state index in [0.29, 0.717) is 13.0 Å². The van der Waals surface area contributed by atoms with E-state index in [1.54, 1.807) is 0 Å². The average Bonchev–Trinajstić information content (AvgIpc) is 3.34. The second kappa shape index (κ2) is 5.76. The van der Waals surface area contributed by atoms with E-state index in [2.05, 4.69) is 0 Å². The van der Waals surface area contributed by atoms with Gasteiger partial charge >= 0.3 is 11.9 Å². The van der Waals surface area contributed by atoms with Crippen molar-refractivity contribution in [3.8, 4) is 0 Å². The molecule has 2 heterocycles. The maximum Gasteiger partial charge on any atom is 0.303 e. The van der Waals surface area contributed by atoms with E-state index in [9.17, 15) is 19.8 Å². The minimum absolute atomic E-state index is 0.128. The Kier molecular flexibility index (Phi) is 4.03. The van der Waals surface area contributed by atoms with Crippen LogP contribution in [0.25, 0.3) is 0 Å². The number of aliphatic hydroxyl groups is 2. The molecule has 0 aromatic rings. The molecule has 2 saturated heterocycles. The van der Waals surface area contributed by atoms with E-state index in [1.807, 2.05) is 19.9 Å². The Morgan fingerprint density at radius 3 is 2.52 bits per heavy atom. The van der Waals surface area contributed by atoms with Gasteiger partial charge in [0, 0.05) is 13.8 Å². The van der Waals surface area contributed by atoms with Gasteiger partial charge < -0.3 is 29.2 Å². The zero-order valence-electron chi connectivity index (χ0n) is 15.9. The number of aliphatic hydroxyl groups excluding tert-OH is 2. The van der Waals surface area contributed by atoms with Gasteiger partial charge in [-0.1, -0.05) is 18.6 Å². The molecule has 1 unspecified atom stereocenters. The molecule has 0 amide bonds. The molecule has 2 aliphatic carbocycles. The molecule has 2 aliphatic heterocycles. The quantitative estimate of drug-likeness (QED) is 0.401. The van der Waals surface area contributed by atoms with Gasteiger partial charge in [0.1, 0.15) is 30.5 Å². The number of carbonyl (C=O) groups excluding carboxylic acids is 2. The highest BCUT2D eigenvalue weighted by Crippen LogP contribution is 2.72. The van der Waals surface area contributed by atoms with Gasteiger partial charge in [0.05, 0.1) is 29.6 Å². The van der Waals surface area contributed by atoms with Crippen LogP contribution in [0.2, 0.25) is 0 Å². The largest absolute Gasteiger partial charge is 0.465 e. The van der Waals surface area contributed by atoms with Crippen molar-refractivity contribution >= 4 is 11.9 Å². The van der Waals surface area contributed by atoms with Gasteiger partial charge in [-0.2, -0.15) is 0 Å². The van der Waals surface area contributed by atoms with E-state index in [0.717, 1.165) is 5.57 Å². The van der Waals surface area contributed by atoms with Crippen molar-refractivity contribution in [2.45, 2.75) is 70.2 Å². The van der Waals surface area contributed by atoms with Crippen molar-refractivity contribution in [3.05, 3.63) is 11.6 Å². The first-order valence-electron chi connectivity index (χ1n) is 9.23. The molecule has 150 valence electrons. The van der Waals surface area contributed by atoms with Crippen LogP contribution in [0.4, 0.5) is 0 Å². The zero-order chi connectivity index (χ0) is 19.8. The van der Waals surface area contributed by atoms with Crippen LogP contribution in [0.15, 0.2) is 11.6 Å². The van der Waals surface area contributed by atoms with Crippen LogP contribution < -0.4 is 0 Å². The third kappa shape index (κ3) is 2.18. The van der Waals surface area contributed by atoms with Crippen LogP contribution in [-0.4, -0.2) is 71.5 Å². The molecule has 2 N–H and O–H groups in total. The maximum absolute atomic E-state index is 11.8. The molecule has 1 saturated carbocycles. The van der Waals surface area contributed by atoms with Gasteiger partial charge in [0.2, 0.25) is 0 Å². The Morgan fingerprint density at radius 2 is 1.96 bits per heavy atom. The summed E-state index contributed by atoms with van der Waals surface area (Å²) in [6.07, 6.45) is -2.04. The minimum atomic E-state index is -1.12. The highest BCUT2D eigenvalue weighted by Gasteiger charge is 2.87. The van der Waals surface area contributed by atoms with E-state index in [1.165, 1.54) is 13.8 Å². The molecular formula is C19H26O8. The van der Waals surface area contributed by atoms with Gasteiger partial charge in [-0.3, -0.25) is 9.59 Å². The van der Waals surface area contributed by atoms with Crippen molar-refractivity contribution in [1.29, 1.82) is 0 Å². The predicted octanol–water partition coefficient (Wildman–Crippen LogP) is 0.0957. The van der Waals surface area contributed by atoms with Gasteiger partial charge in [-0.25, -0.2) is 0 Å². The van der Waals surface area contributed by atoms with Crippen LogP contribution in [0, 0.1) is 10.8 Å². The fourth-order valence-electron chi connectivity index (χ4n) is 5.73. The summed E-state index contributed by atoms with van der Waals surface area (Å²) >= 11 is 0. The Hall–Kier alpha value is -1.48. The lowest BCUT2D eigenvalue weighted by atomic mass is 9.50. The Bertz CT molecular complexity index is 712. The fraction of sp³-hybridized carbons (Fsp3) is 0.789. The van der Waals surface area contributed by atoms with Crippen LogP contribution in [0.3, 0.4) is 0 Å². The van der Waals surface area contributed by atoms with Crippen molar-refractivity contribution in [3.63, 3.8) is 0 Å². The number of ether oxygens (including phenoxy) is 4. The number of fused-ring (bicyclic) bond motifs is 2. The second-order valence-electron chi connectivity index (χ2n) is 8.43. The number of epoxide rings is 1. The molecule has 8 heteroatoms. The Morgan fingerprint density at radius 1 is 1.30 bits per heavy atom. The third-order valence-corrected chi connectivity index (χ3v) is 7.10.